The standard InChI is InChI=1S/C21H23N3O3S/c1-15(19(26)22-14-16-8-3-2-4-9-16)28-21-23-18-11-6-5-10-17(18)20(27)24(21)12-7-13-25/h2-6,8-11,15,25H,7,12-14H2,1H3,(H,22,26). The Morgan fingerprint density at radius 1 is 1.18 bits per heavy atom. The molecule has 28 heavy (non-hydrogen) atoms. The molecule has 0 fully saturated rings. The number of carbonyl (C=O) groups excluding carboxylic acids is 1. The fourth-order valence-corrected chi connectivity index (χ4v) is 3.76. The van der Waals surface area contributed by atoms with E-state index in [1.807, 2.05) is 36.4 Å². The molecule has 1 unspecified atom stereocenters. The number of hydrogen-bond acceptors (Lipinski definition) is 5. The molecule has 0 saturated heterocycles. The number of para-hydroxylation sites is 1. The molecule has 1 heterocycles. The van der Waals surface area contributed by atoms with E-state index in [1.165, 1.54) is 11.8 Å². The fourth-order valence-electron chi connectivity index (χ4n) is 2.80. The van der Waals surface area contributed by atoms with Gasteiger partial charge >= 0.3 is 0 Å². The van der Waals surface area contributed by atoms with E-state index in [0.717, 1.165) is 5.56 Å². The molecule has 0 aliphatic rings. The van der Waals surface area contributed by atoms with Crippen LogP contribution in [0.4, 0.5) is 0 Å². The average molecular weight is 398 g/mol. The third-order valence-electron chi connectivity index (χ3n) is 4.33. The van der Waals surface area contributed by atoms with Crippen molar-refractivity contribution in [3.63, 3.8) is 0 Å². The van der Waals surface area contributed by atoms with Crippen molar-refractivity contribution in [3.05, 3.63) is 70.5 Å². The molecular weight excluding hydrogens is 374 g/mol. The number of aliphatic hydroxyl groups excluding tert-OH is 1. The zero-order valence-electron chi connectivity index (χ0n) is 15.7. The average Bonchev–Trinajstić information content (AvgIpc) is 2.72. The maximum atomic E-state index is 12.8. The Balaban J connectivity index is 1.79. The summed E-state index contributed by atoms with van der Waals surface area (Å²) in [5, 5.41) is 12.7. The third-order valence-corrected chi connectivity index (χ3v) is 5.42. The molecule has 6 nitrogen and oxygen atoms in total. The topological polar surface area (TPSA) is 84.2 Å². The molecule has 0 spiro atoms. The van der Waals surface area contributed by atoms with Crippen LogP contribution in [0.1, 0.15) is 18.9 Å². The molecule has 3 rings (SSSR count). The van der Waals surface area contributed by atoms with Crippen LogP contribution in [0, 0.1) is 0 Å². The van der Waals surface area contributed by atoms with Gasteiger partial charge in [0.05, 0.1) is 16.2 Å². The lowest BCUT2D eigenvalue weighted by Crippen LogP contribution is -2.31. The highest BCUT2D eigenvalue weighted by Crippen LogP contribution is 2.23. The number of thioether (sulfide) groups is 1. The number of nitrogens with one attached hydrogen (secondary N) is 1. The van der Waals surface area contributed by atoms with E-state index in [2.05, 4.69) is 10.3 Å². The van der Waals surface area contributed by atoms with Crippen LogP contribution < -0.4 is 10.9 Å². The van der Waals surface area contributed by atoms with Crippen LogP contribution in [0.15, 0.2) is 64.5 Å². The monoisotopic (exact) mass is 397 g/mol. The molecule has 2 aromatic carbocycles. The maximum absolute atomic E-state index is 12.8. The zero-order chi connectivity index (χ0) is 19.9. The Morgan fingerprint density at radius 2 is 1.89 bits per heavy atom. The van der Waals surface area contributed by atoms with Crippen LogP contribution >= 0.6 is 11.8 Å². The number of carbonyl (C=O) groups is 1. The van der Waals surface area contributed by atoms with E-state index in [1.54, 1.807) is 29.7 Å². The molecule has 0 saturated carbocycles. The second kappa shape index (κ2) is 9.52. The Bertz CT molecular complexity index is 1000. The number of hydrogen-bond donors (Lipinski definition) is 2. The molecule has 3 aromatic rings. The van der Waals surface area contributed by atoms with Crippen LogP contribution in [-0.4, -0.2) is 32.4 Å². The number of fused-ring (bicyclic) bond motifs is 1. The molecule has 1 atom stereocenters. The van der Waals surface area contributed by atoms with E-state index in [9.17, 15) is 9.59 Å². The van der Waals surface area contributed by atoms with E-state index < -0.39 is 5.25 Å². The van der Waals surface area contributed by atoms with Gasteiger partial charge in [0, 0.05) is 19.7 Å². The fraction of sp³-hybridized carbons (Fsp3) is 0.286. The molecule has 2 N–H and O–H groups in total. The van der Waals surface area contributed by atoms with Crippen molar-refractivity contribution in [2.75, 3.05) is 6.61 Å². The van der Waals surface area contributed by atoms with Crippen LogP contribution in [-0.2, 0) is 17.9 Å². The van der Waals surface area contributed by atoms with Gasteiger partial charge in [-0.05, 0) is 31.0 Å². The molecule has 0 aliphatic carbocycles. The predicted octanol–water partition coefficient (Wildman–Crippen LogP) is 2.58. The van der Waals surface area contributed by atoms with Gasteiger partial charge in [-0.1, -0.05) is 54.2 Å². The molecule has 146 valence electrons. The van der Waals surface area contributed by atoms with Gasteiger partial charge in [-0.15, -0.1) is 0 Å². The lowest BCUT2D eigenvalue weighted by molar-refractivity contribution is -0.120. The first-order valence-electron chi connectivity index (χ1n) is 9.19. The molecular formula is C21H23N3O3S. The molecule has 1 aromatic heterocycles. The highest BCUT2D eigenvalue weighted by molar-refractivity contribution is 8.00. The normalized spacial score (nSPS) is 12.1. The number of aliphatic hydroxyl groups is 1. The maximum Gasteiger partial charge on any atom is 0.262 e. The van der Waals surface area contributed by atoms with Crippen molar-refractivity contribution in [2.24, 2.45) is 0 Å². The van der Waals surface area contributed by atoms with Gasteiger partial charge in [-0.3, -0.25) is 14.2 Å². The highest BCUT2D eigenvalue weighted by Gasteiger charge is 2.19. The lowest BCUT2D eigenvalue weighted by Gasteiger charge is -2.16. The Labute approximate surface area is 167 Å². The molecule has 0 aliphatic heterocycles. The zero-order valence-corrected chi connectivity index (χ0v) is 16.5. The summed E-state index contributed by atoms with van der Waals surface area (Å²) in [5.74, 6) is -0.120. The third kappa shape index (κ3) is 4.79. The first kappa shape index (κ1) is 20.1. The van der Waals surface area contributed by atoms with Crippen molar-refractivity contribution in [2.45, 2.75) is 36.8 Å². The quantitative estimate of drug-likeness (QED) is 0.451. The summed E-state index contributed by atoms with van der Waals surface area (Å²) in [6.07, 6.45) is 0.446. The van der Waals surface area contributed by atoms with Gasteiger partial charge in [0.25, 0.3) is 5.56 Å². The number of aromatic nitrogens is 2. The summed E-state index contributed by atoms with van der Waals surface area (Å²) in [6, 6.07) is 16.9. The van der Waals surface area contributed by atoms with E-state index in [4.69, 9.17) is 5.11 Å². The van der Waals surface area contributed by atoms with E-state index in [-0.39, 0.29) is 18.1 Å². The van der Waals surface area contributed by atoms with Crippen LogP contribution in [0.5, 0.6) is 0 Å². The first-order chi connectivity index (χ1) is 13.6. The SMILES string of the molecule is CC(Sc1nc2ccccc2c(=O)n1CCCO)C(=O)NCc1ccccc1. The van der Waals surface area contributed by atoms with Crippen molar-refractivity contribution in [3.8, 4) is 0 Å². The van der Waals surface area contributed by atoms with Crippen LogP contribution in [0.3, 0.4) is 0 Å². The Hall–Kier alpha value is -2.64. The minimum Gasteiger partial charge on any atom is -0.396 e. The molecule has 7 heteroatoms. The summed E-state index contributed by atoms with van der Waals surface area (Å²) in [5.41, 5.74) is 1.47. The number of benzene rings is 2. The molecule has 0 radical (unpaired) electrons. The predicted molar refractivity (Wildman–Crippen MR) is 111 cm³/mol. The van der Waals surface area contributed by atoms with Crippen molar-refractivity contribution < 1.29 is 9.90 Å². The van der Waals surface area contributed by atoms with Crippen LogP contribution in [0.2, 0.25) is 0 Å². The molecule has 0 bridgehead atoms. The number of amides is 1. The summed E-state index contributed by atoms with van der Waals surface area (Å²) >= 11 is 1.25. The minimum absolute atomic E-state index is 0.0174. The first-order valence-corrected chi connectivity index (χ1v) is 10.1. The summed E-state index contributed by atoms with van der Waals surface area (Å²) in [7, 11) is 0. The molecule has 1 amide bonds. The summed E-state index contributed by atoms with van der Waals surface area (Å²) < 4.78 is 1.55. The second-order valence-electron chi connectivity index (χ2n) is 6.41. The van der Waals surface area contributed by atoms with Gasteiger partial charge in [-0.2, -0.15) is 0 Å². The van der Waals surface area contributed by atoms with Crippen molar-refractivity contribution in [1.82, 2.24) is 14.9 Å². The largest absolute Gasteiger partial charge is 0.396 e. The summed E-state index contributed by atoms with van der Waals surface area (Å²) in [4.78, 5) is 29.9. The lowest BCUT2D eigenvalue weighted by atomic mass is 10.2. The number of nitrogens with zero attached hydrogens (tertiary/aromatic N) is 2. The summed E-state index contributed by atoms with van der Waals surface area (Å²) in [6.45, 7) is 2.58. The number of rotatable bonds is 8. The van der Waals surface area contributed by atoms with E-state index in [0.29, 0.717) is 35.6 Å². The Kier molecular flexibility index (Phi) is 6.84. The second-order valence-corrected chi connectivity index (χ2v) is 7.72. The Morgan fingerprint density at radius 3 is 2.64 bits per heavy atom. The van der Waals surface area contributed by atoms with E-state index >= 15 is 0 Å². The smallest absolute Gasteiger partial charge is 0.262 e. The van der Waals surface area contributed by atoms with Crippen molar-refractivity contribution >= 4 is 28.6 Å². The van der Waals surface area contributed by atoms with Gasteiger partial charge in [0.1, 0.15) is 0 Å². The van der Waals surface area contributed by atoms with Gasteiger partial charge in [-0.25, -0.2) is 4.98 Å². The minimum atomic E-state index is -0.419. The van der Waals surface area contributed by atoms with Gasteiger partial charge in [0.2, 0.25) is 5.91 Å². The van der Waals surface area contributed by atoms with Crippen molar-refractivity contribution in [1.29, 1.82) is 0 Å². The highest BCUT2D eigenvalue weighted by atomic mass is 32.2. The van der Waals surface area contributed by atoms with Gasteiger partial charge in [0.15, 0.2) is 5.16 Å². The van der Waals surface area contributed by atoms with Crippen LogP contribution in [0.25, 0.3) is 10.9 Å². The van der Waals surface area contributed by atoms with Gasteiger partial charge < -0.3 is 10.4 Å².